The highest BCUT2D eigenvalue weighted by molar-refractivity contribution is 4.78. The Labute approximate surface area is 85.1 Å². The summed E-state index contributed by atoms with van der Waals surface area (Å²) in [6.45, 7) is 6.65. The summed E-state index contributed by atoms with van der Waals surface area (Å²) in [4.78, 5) is 0. The average molecular weight is 204 g/mol. The van der Waals surface area contributed by atoms with Crippen molar-refractivity contribution in [2.75, 3.05) is 26.4 Å². The van der Waals surface area contributed by atoms with E-state index in [-0.39, 0.29) is 26.4 Å². The molecule has 0 rings (SSSR count). The third-order valence-corrected chi connectivity index (χ3v) is 0.636. The van der Waals surface area contributed by atoms with E-state index in [0.29, 0.717) is 0 Å². The second-order valence-corrected chi connectivity index (χ2v) is 1.78. The zero-order chi connectivity index (χ0) is 11.7. The van der Waals surface area contributed by atoms with Crippen molar-refractivity contribution in [3.8, 4) is 0 Å². The van der Waals surface area contributed by atoms with Crippen molar-refractivity contribution in [2.45, 2.75) is 0 Å². The van der Waals surface area contributed by atoms with E-state index in [4.69, 9.17) is 20.4 Å². The van der Waals surface area contributed by atoms with E-state index in [1.165, 1.54) is 24.3 Å². The molecule has 0 bridgehead atoms. The molecule has 0 aromatic heterocycles. The first-order valence-electron chi connectivity index (χ1n) is 4.05. The molecule has 0 aromatic carbocycles. The van der Waals surface area contributed by atoms with Gasteiger partial charge in [-0.15, -0.1) is 13.2 Å². The highest BCUT2D eigenvalue weighted by atomic mass is 16.3. The number of rotatable bonds is 4. The first kappa shape index (κ1) is 18.8. The molecule has 0 aliphatic rings. The van der Waals surface area contributed by atoms with Gasteiger partial charge in [0.25, 0.3) is 0 Å². The maximum absolute atomic E-state index is 8.00. The van der Waals surface area contributed by atoms with Crippen molar-refractivity contribution in [3.05, 3.63) is 37.5 Å². The molecule has 0 atom stereocenters. The van der Waals surface area contributed by atoms with Crippen molar-refractivity contribution in [1.82, 2.24) is 0 Å². The SMILES string of the molecule is C=CCO.C=CCO.OC/C=C/CO. The van der Waals surface area contributed by atoms with E-state index in [2.05, 4.69) is 13.2 Å². The molecule has 0 aromatic rings. The van der Waals surface area contributed by atoms with E-state index in [9.17, 15) is 0 Å². The third kappa shape index (κ3) is 67.9. The lowest BCUT2D eigenvalue weighted by Crippen LogP contribution is -1.74. The third-order valence-electron chi connectivity index (χ3n) is 0.636. The fourth-order valence-electron chi connectivity index (χ4n) is 0.149. The van der Waals surface area contributed by atoms with Gasteiger partial charge in [0.2, 0.25) is 0 Å². The van der Waals surface area contributed by atoms with Crippen molar-refractivity contribution < 1.29 is 20.4 Å². The Balaban J connectivity index is -0.000000135. The molecule has 4 nitrogen and oxygen atoms in total. The van der Waals surface area contributed by atoms with E-state index >= 15 is 0 Å². The van der Waals surface area contributed by atoms with Crippen LogP contribution in [0, 0.1) is 0 Å². The van der Waals surface area contributed by atoms with Crippen LogP contribution in [-0.4, -0.2) is 46.9 Å². The van der Waals surface area contributed by atoms with Crippen molar-refractivity contribution >= 4 is 0 Å². The topological polar surface area (TPSA) is 80.9 Å². The number of hydrogen-bond acceptors (Lipinski definition) is 4. The molecule has 14 heavy (non-hydrogen) atoms. The van der Waals surface area contributed by atoms with Crippen LogP contribution >= 0.6 is 0 Å². The van der Waals surface area contributed by atoms with Crippen molar-refractivity contribution in [2.24, 2.45) is 0 Å². The smallest absolute Gasteiger partial charge is 0.0613 e. The summed E-state index contributed by atoms with van der Waals surface area (Å²) in [6.07, 6.45) is 5.83. The molecule has 0 saturated heterocycles. The lowest BCUT2D eigenvalue weighted by molar-refractivity contribution is 0.329. The Morgan fingerprint density at radius 1 is 0.643 bits per heavy atom. The minimum Gasteiger partial charge on any atom is -0.392 e. The maximum Gasteiger partial charge on any atom is 0.0613 e. The summed E-state index contributed by atoms with van der Waals surface area (Å²) in [5.41, 5.74) is 0. The van der Waals surface area contributed by atoms with Crippen LogP contribution in [0.15, 0.2) is 37.5 Å². The number of aliphatic hydroxyl groups is 4. The summed E-state index contributed by atoms with van der Waals surface area (Å²) in [5.74, 6) is 0. The minimum atomic E-state index is 0.0144. The molecule has 0 aliphatic heterocycles. The first-order valence-corrected chi connectivity index (χ1v) is 4.05. The quantitative estimate of drug-likeness (QED) is 0.480. The normalized spacial score (nSPS) is 8.00. The van der Waals surface area contributed by atoms with Gasteiger partial charge in [-0.2, -0.15) is 0 Å². The molecular weight excluding hydrogens is 184 g/mol. The summed E-state index contributed by atoms with van der Waals surface area (Å²) >= 11 is 0. The Kier molecular flexibility index (Phi) is 39.7. The Hall–Kier alpha value is -0.940. The highest BCUT2D eigenvalue weighted by Crippen LogP contribution is 1.63. The highest BCUT2D eigenvalue weighted by Gasteiger charge is 1.61. The summed E-state index contributed by atoms with van der Waals surface area (Å²) in [7, 11) is 0. The molecule has 0 unspecified atom stereocenters. The second-order valence-electron chi connectivity index (χ2n) is 1.78. The molecule has 0 heterocycles. The standard InChI is InChI=1S/C4H8O2.2C3H6O/c5-3-1-2-4-6;2*1-2-3-4/h1-2,5-6H,3-4H2;2*2,4H,1,3H2/b2-1+;;. The van der Waals surface area contributed by atoms with Gasteiger partial charge >= 0.3 is 0 Å². The molecule has 0 aliphatic carbocycles. The molecule has 0 amide bonds. The van der Waals surface area contributed by atoms with Crippen LogP contribution in [0.2, 0.25) is 0 Å². The largest absolute Gasteiger partial charge is 0.392 e. The molecule has 4 heteroatoms. The van der Waals surface area contributed by atoms with Crippen LogP contribution in [0.4, 0.5) is 0 Å². The van der Waals surface area contributed by atoms with Crippen LogP contribution in [0.3, 0.4) is 0 Å². The predicted octanol–water partition coefficient (Wildman–Crippen LogP) is -0.143. The Morgan fingerprint density at radius 2 is 0.857 bits per heavy atom. The molecular formula is C10H20O4. The van der Waals surface area contributed by atoms with E-state index in [0.717, 1.165) is 0 Å². The lowest BCUT2D eigenvalue weighted by atomic mass is 10.5. The molecule has 4 N–H and O–H groups in total. The van der Waals surface area contributed by atoms with E-state index in [1.807, 2.05) is 0 Å². The van der Waals surface area contributed by atoms with Crippen LogP contribution < -0.4 is 0 Å². The summed E-state index contributed by atoms with van der Waals surface area (Å²) in [5, 5.41) is 31.5. The Bertz CT molecular complexity index is 107. The van der Waals surface area contributed by atoms with Crippen molar-refractivity contribution in [3.63, 3.8) is 0 Å². The average Bonchev–Trinajstić information content (AvgIpc) is 2.27. The maximum atomic E-state index is 8.00. The number of aliphatic hydroxyl groups excluding tert-OH is 4. The predicted molar refractivity (Wildman–Crippen MR) is 57.9 cm³/mol. The van der Waals surface area contributed by atoms with Gasteiger partial charge in [0.15, 0.2) is 0 Å². The molecule has 0 fully saturated rings. The number of hydrogen-bond donors (Lipinski definition) is 4. The van der Waals surface area contributed by atoms with Crippen LogP contribution in [-0.2, 0) is 0 Å². The summed E-state index contributed by atoms with van der Waals surface area (Å²) in [6, 6.07) is 0. The van der Waals surface area contributed by atoms with Gasteiger partial charge in [-0.1, -0.05) is 24.3 Å². The van der Waals surface area contributed by atoms with E-state index < -0.39 is 0 Å². The summed E-state index contributed by atoms with van der Waals surface area (Å²) < 4.78 is 0. The van der Waals surface area contributed by atoms with Gasteiger partial charge in [0.05, 0.1) is 26.4 Å². The van der Waals surface area contributed by atoms with Gasteiger partial charge in [-0.3, -0.25) is 0 Å². The van der Waals surface area contributed by atoms with Gasteiger partial charge < -0.3 is 20.4 Å². The van der Waals surface area contributed by atoms with Crippen LogP contribution in [0.5, 0.6) is 0 Å². The zero-order valence-electron chi connectivity index (χ0n) is 8.34. The van der Waals surface area contributed by atoms with Crippen LogP contribution in [0.25, 0.3) is 0 Å². The second kappa shape index (κ2) is 29.6. The van der Waals surface area contributed by atoms with Gasteiger partial charge in [0.1, 0.15) is 0 Å². The first-order chi connectivity index (χ1) is 6.74. The molecule has 0 spiro atoms. The monoisotopic (exact) mass is 204 g/mol. The van der Waals surface area contributed by atoms with Gasteiger partial charge in [-0.25, -0.2) is 0 Å². The Morgan fingerprint density at radius 3 is 0.929 bits per heavy atom. The molecule has 0 saturated carbocycles. The molecule has 84 valence electrons. The van der Waals surface area contributed by atoms with E-state index in [1.54, 1.807) is 0 Å². The zero-order valence-corrected chi connectivity index (χ0v) is 8.34. The van der Waals surface area contributed by atoms with Gasteiger partial charge in [-0.05, 0) is 0 Å². The minimum absolute atomic E-state index is 0.0144. The molecule has 0 radical (unpaired) electrons. The fourth-order valence-corrected chi connectivity index (χ4v) is 0.149. The lowest BCUT2D eigenvalue weighted by Gasteiger charge is -1.73. The van der Waals surface area contributed by atoms with Crippen molar-refractivity contribution in [1.29, 1.82) is 0 Å². The fraction of sp³-hybridized carbons (Fsp3) is 0.400. The van der Waals surface area contributed by atoms with Crippen LogP contribution in [0.1, 0.15) is 0 Å². The van der Waals surface area contributed by atoms with Gasteiger partial charge in [0, 0.05) is 0 Å².